The third kappa shape index (κ3) is 2.35. The lowest BCUT2D eigenvalue weighted by molar-refractivity contribution is -0.118. The number of benzene rings is 1. The minimum Gasteiger partial charge on any atom is -0.478 e. The molecular weight excluding hydrogens is 307 g/mol. The topological polar surface area (TPSA) is 102 Å². The van der Waals surface area contributed by atoms with Crippen molar-refractivity contribution in [2.24, 2.45) is 5.73 Å². The molecule has 1 aromatic heterocycles. The predicted octanol–water partition coefficient (Wildman–Crippen LogP) is 1.49. The molecule has 1 amide bonds. The standard InChI is InChI=1S/C12H8Cl2N2O4/c13-6-3-7-5(11(14)10(6)12(19)20)1-2-9(18)16(7)4-8(15)17/h1-3H,4H2,(H2,15,17)(H,19,20). The van der Waals surface area contributed by atoms with Crippen LogP contribution in [-0.4, -0.2) is 21.6 Å². The molecule has 0 atom stereocenters. The van der Waals surface area contributed by atoms with Gasteiger partial charge in [-0.2, -0.15) is 0 Å². The van der Waals surface area contributed by atoms with Crippen molar-refractivity contribution in [2.75, 3.05) is 0 Å². The number of carbonyl (C=O) groups excluding carboxylic acids is 1. The summed E-state index contributed by atoms with van der Waals surface area (Å²) in [6, 6.07) is 3.83. The summed E-state index contributed by atoms with van der Waals surface area (Å²) in [5, 5.41) is 9.14. The van der Waals surface area contributed by atoms with E-state index in [2.05, 4.69) is 0 Å². The number of carboxylic acid groups (broad SMARTS) is 1. The first-order chi connectivity index (χ1) is 9.32. The molecule has 0 aliphatic rings. The monoisotopic (exact) mass is 314 g/mol. The average Bonchev–Trinajstić information content (AvgIpc) is 2.32. The van der Waals surface area contributed by atoms with E-state index in [0.29, 0.717) is 5.39 Å². The largest absolute Gasteiger partial charge is 0.478 e. The average molecular weight is 315 g/mol. The number of carboxylic acids is 1. The van der Waals surface area contributed by atoms with Gasteiger partial charge in [-0.1, -0.05) is 23.2 Å². The van der Waals surface area contributed by atoms with Crippen LogP contribution in [0.25, 0.3) is 10.9 Å². The lowest BCUT2D eigenvalue weighted by Crippen LogP contribution is -2.27. The molecule has 0 saturated heterocycles. The molecule has 0 radical (unpaired) electrons. The number of pyridine rings is 1. The molecule has 2 rings (SSSR count). The predicted molar refractivity (Wildman–Crippen MR) is 74.4 cm³/mol. The van der Waals surface area contributed by atoms with Gasteiger partial charge in [-0.05, 0) is 12.1 Å². The van der Waals surface area contributed by atoms with Crippen molar-refractivity contribution in [1.29, 1.82) is 0 Å². The molecule has 0 spiro atoms. The Labute approximate surface area is 122 Å². The van der Waals surface area contributed by atoms with E-state index < -0.39 is 17.4 Å². The Bertz CT molecular complexity index is 798. The molecule has 0 aliphatic carbocycles. The number of primary amides is 1. The molecule has 2 aromatic rings. The number of halogens is 2. The minimum absolute atomic E-state index is 0.0989. The molecule has 0 saturated carbocycles. The second-order valence-electron chi connectivity index (χ2n) is 4.01. The SMILES string of the molecule is NC(=O)Cn1c(=O)ccc2c(Cl)c(C(=O)O)c(Cl)cc21. The van der Waals surface area contributed by atoms with Crippen molar-refractivity contribution < 1.29 is 14.7 Å². The van der Waals surface area contributed by atoms with Gasteiger partial charge in [0.1, 0.15) is 6.54 Å². The number of hydrogen-bond donors (Lipinski definition) is 2. The lowest BCUT2D eigenvalue weighted by atomic mass is 10.1. The van der Waals surface area contributed by atoms with E-state index in [1.165, 1.54) is 18.2 Å². The van der Waals surface area contributed by atoms with E-state index in [-0.39, 0.29) is 27.7 Å². The summed E-state index contributed by atoms with van der Waals surface area (Å²) >= 11 is 11.9. The van der Waals surface area contributed by atoms with Gasteiger partial charge >= 0.3 is 5.97 Å². The van der Waals surface area contributed by atoms with Gasteiger partial charge in [0.2, 0.25) is 5.91 Å². The molecule has 1 heterocycles. The summed E-state index contributed by atoms with van der Waals surface area (Å²) in [6.45, 7) is -0.352. The van der Waals surface area contributed by atoms with E-state index in [1.54, 1.807) is 0 Å². The molecule has 6 nitrogen and oxygen atoms in total. The first-order valence-electron chi connectivity index (χ1n) is 5.36. The molecule has 1 aromatic carbocycles. The van der Waals surface area contributed by atoms with Gasteiger partial charge in [-0.15, -0.1) is 0 Å². The normalized spacial score (nSPS) is 10.7. The van der Waals surface area contributed by atoms with Crippen LogP contribution in [0, 0.1) is 0 Å². The van der Waals surface area contributed by atoms with Crippen LogP contribution in [0.1, 0.15) is 10.4 Å². The number of rotatable bonds is 3. The van der Waals surface area contributed by atoms with E-state index in [0.717, 1.165) is 4.57 Å². The summed E-state index contributed by atoms with van der Waals surface area (Å²) in [5.41, 5.74) is 4.60. The Hall–Kier alpha value is -2.05. The van der Waals surface area contributed by atoms with E-state index in [1.807, 2.05) is 0 Å². The van der Waals surface area contributed by atoms with Crippen LogP contribution in [0.2, 0.25) is 10.0 Å². The highest BCUT2D eigenvalue weighted by Crippen LogP contribution is 2.32. The third-order valence-electron chi connectivity index (χ3n) is 2.71. The molecule has 104 valence electrons. The second kappa shape index (κ2) is 5.15. The summed E-state index contributed by atoms with van der Waals surface area (Å²) in [6.07, 6.45) is 0. The molecule has 3 N–H and O–H groups in total. The first kappa shape index (κ1) is 14.4. The van der Waals surface area contributed by atoms with Crippen LogP contribution >= 0.6 is 23.2 Å². The highest BCUT2D eigenvalue weighted by molar-refractivity contribution is 6.42. The molecule has 20 heavy (non-hydrogen) atoms. The van der Waals surface area contributed by atoms with E-state index in [9.17, 15) is 14.4 Å². The van der Waals surface area contributed by atoms with Gasteiger partial charge in [-0.3, -0.25) is 14.2 Å². The van der Waals surface area contributed by atoms with Crippen molar-refractivity contribution in [3.63, 3.8) is 0 Å². The summed E-state index contributed by atoms with van der Waals surface area (Å²) < 4.78 is 1.08. The number of nitrogens with two attached hydrogens (primary N) is 1. The van der Waals surface area contributed by atoms with E-state index >= 15 is 0 Å². The number of amides is 1. The van der Waals surface area contributed by atoms with Crippen molar-refractivity contribution in [3.05, 3.63) is 44.2 Å². The van der Waals surface area contributed by atoms with Crippen LogP contribution in [0.5, 0.6) is 0 Å². The first-order valence-corrected chi connectivity index (χ1v) is 6.11. The maximum Gasteiger partial charge on any atom is 0.338 e. The maximum absolute atomic E-state index is 11.8. The summed E-state index contributed by atoms with van der Waals surface area (Å²) in [5.74, 6) is -2.00. The van der Waals surface area contributed by atoms with E-state index in [4.69, 9.17) is 34.0 Å². The van der Waals surface area contributed by atoms with Gasteiger partial charge in [-0.25, -0.2) is 4.79 Å². The van der Waals surface area contributed by atoms with Crippen LogP contribution < -0.4 is 11.3 Å². The van der Waals surface area contributed by atoms with Gasteiger partial charge in [0.15, 0.2) is 0 Å². The highest BCUT2D eigenvalue weighted by Gasteiger charge is 2.19. The number of hydrogen-bond acceptors (Lipinski definition) is 3. The zero-order valence-corrected chi connectivity index (χ0v) is 11.4. The van der Waals surface area contributed by atoms with Crippen molar-refractivity contribution >= 4 is 46.0 Å². The number of nitrogens with zero attached hydrogens (tertiary/aromatic N) is 1. The number of aromatic nitrogens is 1. The molecule has 8 heteroatoms. The zero-order valence-electron chi connectivity index (χ0n) is 9.89. The zero-order chi connectivity index (χ0) is 15.0. The molecule has 0 bridgehead atoms. The second-order valence-corrected chi connectivity index (χ2v) is 4.79. The van der Waals surface area contributed by atoms with Gasteiger partial charge in [0, 0.05) is 11.5 Å². The van der Waals surface area contributed by atoms with Gasteiger partial charge in [0.05, 0.1) is 21.1 Å². The number of fused-ring (bicyclic) bond motifs is 1. The Morgan fingerprint density at radius 2 is 1.95 bits per heavy atom. The Balaban J connectivity index is 2.90. The Morgan fingerprint density at radius 3 is 2.50 bits per heavy atom. The van der Waals surface area contributed by atoms with Crippen LogP contribution in [0.15, 0.2) is 23.0 Å². The minimum atomic E-state index is -1.28. The van der Waals surface area contributed by atoms with Crippen LogP contribution in [0.4, 0.5) is 0 Å². The Kier molecular flexibility index (Phi) is 3.69. The molecule has 0 unspecified atom stereocenters. The fourth-order valence-corrected chi connectivity index (χ4v) is 2.55. The summed E-state index contributed by atoms with van der Waals surface area (Å²) in [4.78, 5) is 33.9. The highest BCUT2D eigenvalue weighted by atomic mass is 35.5. The smallest absolute Gasteiger partial charge is 0.338 e. The number of carbonyl (C=O) groups is 2. The fraction of sp³-hybridized carbons (Fsp3) is 0.0833. The lowest BCUT2D eigenvalue weighted by Gasteiger charge is -2.12. The number of aromatic carboxylic acids is 1. The quantitative estimate of drug-likeness (QED) is 0.895. The molecule has 0 aliphatic heterocycles. The van der Waals surface area contributed by atoms with Gasteiger partial charge in [0.25, 0.3) is 5.56 Å². The van der Waals surface area contributed by atoms with Crippen molar-refractivity contribution in [1.82, 2.24) is 4.57 Å². The fourth-order valence-electron chi connectivity index (χ4n) is 1.88. The maximum atomic E-state index is 11.8. The molecule has 0 fully saturated rings. The van der Waals surface area contributed by atoms with Crippen LogP contribution in [0.3, 0.4) is 0 Å². The van der Waals surface area contributed by atoms with Gasteiger partial charge < -0.3 is 10.8 Å². The van der Waals surface area contributed by atoms with Crippen molar-refractivity contribution in [3.8, 4) is 0 Å². The Morgan fingerprint density at radius 1 is 1.30 bits per heavy atom. The summed E-state index contributed by atoms with van der Waals surface area (Å²) in [7, 11) is 0. The molecular formula is C12H8Cl2N2O4. The van der Waals surface area contributed by atoms with Crippen LogP contribution in [-0.2, 0) is 11.3 Å². The third-order valence-corrected chi connectivity index (χ3v) is 3.40. The van der Waals surface area contributed by atoms with Crippen molar-refractivity contribution in [2.45, 2.75) is 6.54 Å².